The van der Waals surface area contributed by atoms with Crippen molar-refractivity contribution < 1.29 is 9.47 Å². The average molecular weight is 407 g/mol. The lowest BCUT2D eigenvalue weighted by molar-refractivity contribution is 0.140. The Labute approximate surface area is 177 Å². The normalized spacial score (nSPS) is 16.7. The monoisotopic (exact) mass is 406 g/mol. The maximum absolute atomic E-state index is 6.20. The Morgan fingerprint density at radius 3 is 2.93 bits per heavy atom. The zero-order valence-electron chi connectivity index (χ0n) is 17.7. The fraction of sp³-hybridized carbons (Fsp3) is 0.375. The molecule has 6 heteroatoms. The zero-order valence-corrected chi connectivity index (χ0v) is 17.7. The van der Waals surface area contributed by atoms with Crippen molar-refractivity contribution in [1.82, 2.24) is 15.6 Å². The van der Waals surface area contributed by atoms with Gasteiger partial charge in [0.1, 0.15) is 11.9 Å². The van der Waals surface area contributed by atoms with Crippen molar-refractivity contribution >= 4 is 16.9 Å². The molecule has 1 atom stereocenters. The van der Waals surface area contributed by atoms with Gasteiger partial charge in [0.15, 0.2) is 5.96 Å². The zero-order chi connectivity index (χ0) is 20.8. The van der Waals surface area contributed by atoms with E-state index in [9.17, 15) is 0 Å². The third-order valence-electron chi connectivity index (χ3n) is 5.44. The molecule has 30 heavy (non-hydrogen) atoms. The van der Waals surface area contributed by atoms with Gasteiger partial charge in [-0.15, -0.1) is 0 Å². The van der Waals surface area contributed by atoms with E-state index in [-0.39, 0.29) is 6.10 Å². The number of para-hydroxylation sites is 1. The van der Waals surface area contributed by atoms with Crippen LogP contribution < -0.4 is 15.4 Å². The van der Waals surface area contributed by atoms with Crippen LogP contribution in [0.5, 0.6) is 5.75 Å². The van der Waals surface area contributed by atoms with Crippen LogP contribution in [0.2, 0.25) is 0 Å². The first-order valence-corrected chi connectivity index (χ1v) is 10.6. The first-order chi connectivity index (χ1) is 14.7. The maximum Gasteiger partial charge on any atom is 0.191 e. The van der Waals surface area contributed by atoms with Gasteiger partial charge in [0, 0.05) is 49.2 Å². The molecule has 0 aliphatic carbocycles. The Bertz CT molecular complexity index is 1010. The number of aromatic nitrogens is 1. The summed E-state index contributed by atoms with van der Waals surface area (Å²) in [4.78, 5) is 7.69. The van der Waals surface area contributed by atoms with Crippen molar-refractivity contribution in [1.29, 1.82) is 0 Å². The lowest BCUT2D eigenvalue weighted by Crippen LogP contribution is -2.38. The van der Waals surface area contributed by atoms with E-state index in [1.54, 1.807) is 7.05 Å². The minimum atomic E-state index is 0.138. The van der Waals surface area contributed by atoms with Gasteiger partial charge in [0.25, 0.3) is 0 Å². The molecule has 0 radical (unpaired) electrons. The van der Waals surface area contributed by atoms with Gasteiger partial charge in [-0.2, -0.15) is 0 Å². The van der Waals surface area contributed by atoms with Crippen LogP contribution in [0.4, 0.5) is 0 Å². The third kappa shape index (κ3) is 4.94. The molecule has 1 fully saturated rings. The Balaban J connectivity index is 1.32. The van der Waals surface area contributed by atoms with Gasteiger partial charge in [-0.1, -0.05) is 30.3 Å². The molecule has 6 nitrogen and oxygen atoms in total. The lowest BCUT2D eigenvalue weighted by Gasteiger charge is -2.18. The highest BCUT2D eigenvalue weighted by atomic mass is 16.5. The topological polar surface area (TPSA) is 70.7 Å². The van der Waals surface area contributed by atoms with E-state index in [4.69, 9.17) is 9.47 Å². The van der Waals surface area contributed by atoms with Crippen molar-refractivity contribution in [2.24, 2.45) is 4.99 Å². The van der Waals surface area contributed by atoms with Gasteiger partial charge in [0.2, 0.25) is 0 Å². The molecule has 1 unspecified atom stereocenters. The van der Waals surface area contributed by atoms with E-state index in [0.29, 0.717) is 13.2 Å². The third-order valence-corrected chi connectivity index (χ3v) is 5.44. The Hall–Kier alpha value is -2.99. The molecule has 158 valence electrons. The van der Waals surface area contributed by atoms with Crippen LogP contribution >= 0.6 is 0 Å². The number of aromatic amines is 1. The number of ether oxygens (including phenoxy) is 2. The average Bonchev–Trinajstić information content (AvgIpc) is 3.42. The molecule has 1 aliphatic rings. The number of guanidine groups is 1. The van der Waals surface area contributed by atoms with Crippen molar-refractivity contribution in [2.75, 3.05) is 26.8 Å². The highest BCUT2D eigenvalue weighted by Gasteiger charge is 2.18. The molecule has 3 N–H and O–H groups in total. The van der Waals surface area contributed by atoms with Gasteiger partial charge in [-0.05, 0) is 36.6 Å². The van der Waals surface area contributed by atoms with Gasteiger partial charge < -0.3 is 25.1 Å². The number of benzene rings is 2. The lowest BCUT2D eigenvalue weighted by atomic mass is 10.1. The quantitative estimate of drug-likeness (QED) is 0.415. The van der Waals surface area contributed by atoms with Crippen molar-refractivity contribution in [2.45, 2.75) is 32.4 Å². The van der Waals surface area contributed by atoms with Crippen LogP contribution in [0.1, 0.15) is 23.1 Å². The highest BCUT2D eigenvalue weighted by molar-refractivity contribution is 5.83. The van der Waals surface area contributed by atoms with Crippen LogP contribution in [-0.2, 0) is 17.7 Å². The van der Waals surface area contributed by atoms with Crippen LogP contribution in [0.25, 0.3) is 10.9 Å². The highest BCUT2D eigenvalue weighted by Crippen LogP contribution is 2.24. The summed E-state index contributed by atoms with van der Waals surface area (Å²) in [5, 5.41) is 8.10. The fourth-order valence-electron chi connectivity index (χ4n) is 3.76. The number of nitrogens with zero attached hydrogens (tertiary/aromatic N) is 1. The molecule has 2 heterocycles. The standard InChI is InChI=1S/C24H30N4O2/c1-17-7-8-19(23(13-17)30-20-10-12-29-16-20)15-28-24(25-2)26-11-9-18-14-27-22-6-4-3-5-21(18)22/h3-8,13-14,20,27H,9-12,15-16H2,1-2H3,(H2,25,26,28). The summed E-state index contributed by atoms with van der Waals surface area (Å²) in [7, 11) is 1.80. The summed E-state index contributed by atoms with van der Waals surface area (Å²) in [6.07, 6.45) is 4.09. The van der Waals surface area contributed by atoms with E-state index < -0.39 is 0 Å². The summed E-state index contributed by atoms with van der Waals surface area (Å²) in [6, 6.07) is 14.7. The first-order valence-electron chi connectivity index (χ1n) is 10.6. The number of aliphatic imine (C=N–C) groups is 1. The fourth-order valence-corrected chi connectivity index (χ4v) is 3.76. The van der Waals surface area contributed by atoms with Gasteiger partial charge >= 0.3 is 0 Å². The van der Waals surface area contributed by atoms with Gasteiger partial charge in [0.05, 0.1) is 13.2 Å². The van der Waals surface area contributed by atoms with E-state index in [1.807, 2.05) is 0 Å². The minimum absolute atomic E-state index is 0.138. The molecule has 1 aromatic heterocycles. The number of hydrogen-bond donors (Lipinski definition) is 3. The number of hydrogen-bond acceptors (Lipinski definition) is 3. The molecule has 1 saturated heterocycles. The van der Waals surface area contributed by atoms with Crippen LogP contribution in [0.3, 0.4) is 0 Å². The SMILES string of the molecule is CN=C(NCCc1c[nH]c2ccccc12)NCc1ccc(C)cc1OC1CCOC1. The summed E-state index contributed by atoms with van der Waals surface area (Å²) in [5.74, 6) is 1.71. The molecular formula is C24H30N4O2. The Morgan fingerprint density at radius 2 is 2.10 bits per heavy atom. The molecular weight excluding hydrogens is 376 g/mol. The van der Waals surface area contributed by atoms with Crippen molar-refractivity contribution in [3.63, 3.8) is 0 Å². The molecule has 0 bridgehead atoms. The number of nitrogens with one attached hydrogen (secondary N) is 3. The second kappa shape index (κ2) is 9.67. The number of H-pyrrole nitrogens is 1. The van der Waals surface area contributed by atoms with Crippen LogP contribution in [0, 0.1) is 6.92 Å². The van der Waals surface area contributed by atoms with Crippen molar-refractivity contribution in [3.05, 3.63) is 65.4 Å². The number of fused-ring (bicyclic) bond motifs is 1. The van der Waals surface area contributed by atoms with Crippen molar-refractivity contribution in [3.8, 4) is 5.75 Å². The molecule has 0 spiro atoms. The Kier molecular flexibility index (Phi) is 6.54. The first kappa shape index (κ1) is 20.3. The maximum atomic E-state index is 6.20. The van der Waals surface area contributed by atoms with Gasteiger partial charge in [-0.3, -0.25) is 4.99 Å². The van der Waals surface area contributed by atoms with E-state index >= 15 is 0 Å². The van der Waals surface area contributed by atoms with E-state index in [2.05, 4.69) is 76.2 Å². The predicted octanol–water partition coefficient (Wildman–Crippen LogP) is 3.55. The predicted molar refractivity (Wildman–Crippen MR) is 121 cm³/mol. The van der Waals surface area contributed by atoms with E-state index in [1.165, 1.54) is 22.0 Å². The number of aryl methyl sites for hydroxylation is 1. The second-order valence-electron chi connectivity index (χ2n) is 7.68. The van der Waals surface area contributed by atoms with Crippen LogP contribution in [0.15, 0.2) is 53.7 Å². The largest absolute Gasteiger partial charge is 0.488 e. The van der Waals surface area contributed by atoms with E-state index in [0.717, 1.165) is 43.3 Å². The molecule has 4 rings (SSSR count). The summed E-state index contributed by atoms with van der Waals surface area (Å²) in [6.45, 7) is 4.98. The molecule has 3 aromatic rings. The minimum Gasteiger partial charge on any atom is -0.488 e. The molecule has 1 aliphatic heterocycles. The second-order valence-corrected chi connectivity index (χ2v) is 7.68. The summed E-state index contributed by atoms with van der Waals surface area (Å²) >= 11 is 0. The summed E-state index contributed by atoms with van der Waals surface area (Å²) in [5.41, 5.74) is 4.79. The number of rotatable bonds is 7. The molecule has 2 aromatic carbocycles. The smallest absolute Gasteiger partial charge is 0.191 e. The molecule has 0 amide bonds. The Morgan fingerprint density at radius 1 is 1.20 bits per heavy atom. The summed E-state index contributed by atoms with van der Waals surface area (Å²) < 4.78 is 11.6. The van der Waals surface area contributed by atoms with Gasteiger partial charge in [-0.25, -0.2) is 0 Å². The van der Waals surface area contributed by atoms with Crippen LogP contribution in [-0.4, -0.2) is 43.9 Å². The molecule has 0 saturated carbocycles.